The van der Waals surface area contributed by atoms with E-state index in [4.69, 9.17) is 19.9 Å². The predicted octanol–water partition coefficient (Wildman–Crippen LogP) is 0.955. The van der Waals surface area contributed by atoms with Crippen LogP contribution in [0.15, 0.2) is 12.1 Å². The second kappa shape index (κ2) is 4.30. The Hall–Kier alpha value is -1.91. The number of methoxy groups -OCH3 is 1. The van der Waals surface area contributed by atoms with E-state index in [1.54, 1.807) is 12.1 Å². The summed E-state index contributed by atoms with van der Waals surface area (Å²) in [6, 6.07) is 3.18. The van der Waals surface area contributed by atoms with Crippen molar-refractivity contribution < 1.29 is 19.0 Å². The minimum absolute atomic E-state index is 0.298. The average molecular weight is 223 g/mol. The van der Waals surface area contributed by atoms with Crippen LogP contribution in [0, 0.1) is 0 Å². The third-order valence-corrected chi connectivity index (χ3v) is 2.34. The number of primary amides is 1. The van der Waals surface area contributed by atoms with Crippen LogP contribution in [-0.4, -0.2) is 26.2 Å². The number of ether oxygens (including phenoxy) is 3. The fourth-order valence-corrected chi connectivity index (χ4v) is 1.55. The molecule has 16 heavy (non-hydrogen) atoms. The minimum atomic E-state index is -0.549. The molecule has 1 aromatic carbocycles. The Morgan fingerprint density at radius 1 is 1.31 bits per heavy atom. The third kappa shape index (κ3) is 1.88. The van der Waals surface area contributed by atoms with Crippen LogP contribution in [0.5, 0.6) is 17.2 Å². The van der Waals surface area contributed by atoms with Crippen LogP contribution < -0.4 is 19.9 Å². The van der Waals surface area contributed by atoms with Gasteiger partial charge in [-0.15, -0.1) is 0 Å². The lowest BCUT2D eigenvalue weighted by Gasteiger charge is -2.11. The maximum atomic E-state index is 11.2. The summed E-state index contributed by atoms with van der Waals surface area (Å²) in [7, 11) is 1.48. The number of fused-ring (bicyclic) bond motifs is 1. The molecule has 0 aromatic heterocycles. The van der Waals surface area contributed by atoms with E-state index in [1.807, 2.05) is 0 Å². The zero-order chi connectivity index (χ0) is 11.5. The topological polar surface area (TPSA) is 70.8 Å². The van der Waals surface area contributed by atoms with Crippen LogP contribution in [0.1, 0.15) is 16.8 Å². The highest BCUT2D eigenvalue weighted by molar-refractivity contribution is 5.96. The van der Waals surface area contributed by atoms with Crippen LogP contribution in [0.4, 0.5) is 0 Å². The molecule has 0 saturated carbocycles. The van der Waals surface area contributed by atoms with Gasteiger partial charge in [0.15, 0.2) is 11.5 Å². The Labute approximate surface area is 93.1 Å². The molecule has 1 heterocycles. The third-order valence-electron chi connectivity index (χ3n) is 2.34. The molecule has 5 heteroatoms. The van der Waals surface area contributed by atoms with E-state index < -0.39 is 5.91 Å². The second-order valence-electron chi connectivity index (χ2n) is 3.41. The van der Waals surface area contributed by atoms with E-state index in [1.165, 1.54) is 7.11 Å². The fraction of sp³-hybridized carbons (Fsp3) is 0.364. The van der Waals surface area contributed by atoms with Gasteiger partial charge in [0.25, 0.3) is 5.91 Å². The van der Waals surface area contributed by atoms with Crippen molar-refractivity contribution in [3.05, 3.63) is 17.7 Å². The molecule has 1 aliphatic heterocycles. The first-order valence-corrected chi connectivity index (χ1v) is 5.00. The summed E-state index contributed by atoms with van der Waals surface area (Å²) in [5, 5.41) is 0. The Balaban J connectivity index is 2.48. The number of hydrogen-bond acceptors (Lipinski definition) is 4. The molecule has 0 aliphatic carbocycles. The first kappa shape index (κ1) is 10.6. The number of hydrogen-bond donors (Lipinski definition) is 1. The zero-order valence-corrected chi connectivity index (χ0v) is 8.99. The van der Waals surface area contributed by atoms with Gasteiger partial charge in [-0.3, -0.25) is 4.79 Å². The molecule has 0 radical (unpaired) electrons. The number of carbonyl (C=O) groups is 1. The van der Waals surface area contributed by atoms with Crippen molar-refractivity contribution in [2.45, 2.75) is 6.42 Å². The van der Waals surface area contributed by atoms with Crippen molar-refractivity contribution in [2.75, 3.05) is 20.3 Å². The monoisotopic (exact) mass is 223 g/mol. The minimum Gasteiger partial charge on any atom is -0.496 e. The lowest BCUT2D eigenvalue weighted by atomic mass is 10.1. The van der Waals surface area contributed by atoms with E-state index >= 15 is 0 Å². The molecule has 1 aromatic rings. The maximum absolute atomic E-state index is 11.2. The molecular formula is C11H13NO4. The van der Waals surface area contributed by atoms with E-state index in [0.717, 1.165) is 6.42 Å². The first-order valence-electron chi connectivity index (χ1n) is 5.00. The summed E-state index contributed by atoms with van der Waals surface area (Å²) in [6.07, 6.45) is 0.808. The molecule has 0 atom stereocenters. The average Bonchev–Trinajstić information content (AvgIpc) is 2.51. The van der Waals surface area contributed by atoms with Crippen LogP contribution in [0.2, 0.25) is 0 Å². The van der Waals surface area contributed by atoms with E-state index in [-0.39, 0.29) is 0 Å². The summed E-state index contributed by atoms with van der Waals surface area (Å²) in [6.45, 7) is 1.16. The molecule has 5 nitrogen and oxygen atoms in total. The molecular weight excluding hydrogens is 210 g/mol. The quantitative estimate of drug-likeness (QED) is 0.810. The van der Waals surface area contributed by atoms with Crippen LogP contribution >= 0.6 is 0 Å². The Morgan fingerprint density at radius 2 is 1.94 bits per heavy atom. The summed E-state index contributed by atoms with van der Waals surface area (Å²) < 4.78 is 16.0. The second-order valence-corrected chi connectivity index (χ2v) is 3.41. The predicted molar refractivity (Wildman–Crippen MR) is 57.1 cm³/mol. The molecule has 0 fully saturated rings. The summed E-state index contributed by atoms with van der Waals surface area (Å²) in [5.74, 6) is 0.968. The molecule has 1 aliphatic rings. The van der Waals surface area contributed by atoms with E-state index in [9.17, 15) is 4.79 Å². The smallest absolute Gasteiger partial charge is 0.252 e. The highest BCUT2D eigenvalue weighted by atomic mass is 16.5. The Kier molecular flexibility index (Phi) is 2.85. The van der Waals surface area contributed by atoms with Crippen LogP contribution in [0.3, 0.4) is 0 Å². The molecule has 2 rings (SSSR count). The number of rotatable bonds is 2. The van der Waals surface area contributed by atoms with Crippen molar-refractivity contribution >= 4 is 5.91 Å². The van der Waals surface area contributed by atoms with Gasteiger partial charge in [0.2, 0.25) is 0 Å². The van der Waals surface area contributed by atoms with Gasteiger partial charge >= 0.3 is 0 Å². The van der Waals surface area contributed by atoms with Crippen LogP contribution in [-0.2, 0) is 0 Å². The van der Waals surface area contributed by atoms with Gasteiger partial charge in [0.1, 0.15) is 5.75 Å². The summed E-state index contributed by atoms with van der Waals surface area (Å²) in [5.41, 5.74) is 5.54. The van der Waals surface area contributed by atoms with Crippen molar-refractivity contribution in [3.63, 3.8) is 0 Å². The summed E-state index contributed by atoms with van der Waals surface area (Å²) >= 11 is 0. The highest BCUT2D eigenvalue weighted by Gasteiger charge is 2.17. The number of amides is 1. The van der Waals surface area contributed by atoms with Gasteiger partial charge < -0.3 is 19.9 Å². The SMILES string of the molecule is COc1cc2c(cc1C(N)=O)OCCCO2. The lowest BCUT2D eigenvalue weighted by Crippen LogP contribution is -2.12. The van der Waals surface area contributed by atoms with Crippen molar-refractivity contribution in [1.82, 2.24) is 0 Å². The normalized spacial score (nSPS) is 14.1. The standard InChI is InChI=1S/C11H13NO4/c1-14-8-6-10-9(5-7(8)11(12)13)15-3-2-4-16-10/h5-6H,2-4H2,1H3,(H2,12,13). The van der Waals surface area contributed by atoms with Crippen molar-refractivity contribution in [1.29, 1.82) is 0 Å². The summed E-state index contributed by atoms with van der Waals surface area (Å²) in [4.78, 5) is 11.2. The highest BCUT2D eigenvalue weighted by Crippen LogP contribution is 2.36. The largest absolute Gasteiger partial charge is 0.496 e. The van der Waals surface area contributed by atoms with Gasteiger partial charge in [-0.1, -0.05) is 0 Å². The van der Waals surface area contributed by atoms with Gasteiger partial charge in [-0.05, 0) is 0 Å². The van der Waals surface area contributed by atoms with Gasteiger partial charge in [-0.25, -0.2) is 0 Å². The van der Waals surface area contributed by atoms with E-state index in [2.05, 4.69) is 0 Å². The van der Waals surface area contributed by atoms with Gasteiger partial charge in [0.05, 0.1) is 25.9 Å². The van der Waals surface area contributed by atoms with Gasteiger partial charge in [-0.2, -0.15) is 0 Å². The zero-order valence-electron chi connectivity index (χ0n) is 8.99. The fourth-order valence-electron chi connectivity index (χ4n) is 1.55. The Morgan fingerprint density at radius 3 is 2.50 bits per heavy atom. The molecule has 0 unspecified atom stereocenters. The van der Waals surface area contributed by atoms with Crippen molar-refractivity contribution in [2.24, 2.45) is 5.73 Å². The molecule has 0 saturated heterocycles. The van der Waals surface area contributed by atoms with Crippen molar-refractivity contribution in [3.8, 4) is 17.2 Å². The van der Waals surface area contributed by atoms with Crippen LogP contribution in [0.25, 0.3) is 0 Å². The molecule has 2 N–H and O–H groups in total. The first-order chi connectivity index (χ1) is 7.72. The van der Waals surface area contributed by atoms with Gasteiger partial charge in [0, 0.05) is 18.6 Å². The number of benzene rings is 1. The number of carbonyl (C=O) groups excluding carboxylic acids is 1. The van der Waals surface area contributed by atoms with E-state index in [0.29, 0.717) is 36.0 Å². The Bertz CT molecular complexity index is 417. The molecule has 1 amide bonds. The maximum Gasteiger partial charge on any atom is 0.252 e. The lowest BCUT2D eigenvalue weighted by molar-refractivity contribution is 0.0997. The number of nitrogens with two attached hydrogens (primary N) is 1. The molecule has 0 spiro atoms. The molecule has 86 valence electrons. The molecule has 0 bridgehead atoms.